The summed E-state index contributed by atoms with van der Waals surface area (Å²) in [6.45, 7) is 3.09. The van der Waals surface area contributed by atoms with E-state index in [1.54, 1.807) is 19.2 Å². The molecular formula is C26H35N5O5. The molecular weight excluding hydrogens is 462 g/mol. The lowest BCUT2D eigenvalue weighted by Crippen LogP contribution is -2.54. The van der Waals surface area contributed by atoms with Crippen LogP contribution in [0.2, 0.25) is 0 Å². The molecule has 2 aromatic rings. The highest BCUT2D eigenvalue weighted by Crippen LogP contribution is 2.12. The number of hydrogen-bond acceptors (Lipinski definition) is 6. The number of likely N-dealkylation sites (N-methyl/N-ethyl adjacent to an activating group) is 2. The first kappa shape index (κ1) is 28.3. The summed E-state index contributed by atoms with van der Waals surface area (Å²) in [7, 11) is 3.10. The number of primary amides is 1. The quantitative estimate of drug-likeness (QED) is 0.278. The van der Waals surface area contributed by atoms with Crippen LogP contribution in [0.5, 0.6) is 5.75 Å². The van der Waals surface area contributed by atoms with Crippen LogP contribution in [0, 0.1) is 6.92 Å². The molecule has 0 aliphatic heterocycles. The third-order valence-electron chi connectivity index (χ3n) is 5.91. The Labute approximate surface area is 211 Å². The number of benzene rings is 2. The fraction of sp³-hybridized carbons (Fsp3) is 0.385. The number of nitrogens with zero attached hydrogens (tertiary/aromatic N) is 1. The Morgan fingerprint density at radius 3 is 2.25 bits per heavy atom. The predicted octanol–water partition coefficient (Wildman–Crippen LogP) is 0.00702. The number of phenolic OH excluding ortho intramolecular Hbond substituents is 1. The molecule has 36 heavy (non-hydrogen) atoms. The van der Waals surface area contributed by atoms with Crippen molar-refractivity contribution in [1.29, 1.82) is 0 Å². The molecule has 0 aliphatic carbocycles. The molecule has 2 aromatic carbocycles. The molecule has 0 spiro atoms. The number of nitrogens with two attached hydrogens (primary N) is 1. The van der Waals surface area contributed by atoms with E-state index in [0.717, 1.165) is 16.7 Å². The first-order chi connectivity index (χ1) is 17.0. The fourth-order valence-electron chi connectivity index (χ4n) is 3.68. The van der Waals surface area contributed by atoms with Crippen molar-refractivity contribution in [2.24, 2.45) is 5.73 Å². The van der Waals surface area contributed by atoms with E-state index in [-0.39, 0.29) is 24.6 Å². The number of aryl methyl sites for hydroxylation is 1. The zero-order valence-electron chi connectivity index (χ0n) is 21.1. The van der Waals surface area contributed by atoms with Crippen LogP contribution in [0.15, 0.2) is 48.5 Å². The van der Waals surface area contributed by atoms with Crippen LogP contribution >= 0.6 is 0 Å². The molecule has 0 unspecified atom stereocenters. The summed E-state index contributed by atoms with van der Waals surface area (Å²) in [4.78, 5) is 51.1. The summed E-state index contributed by atoms with van der Waals surface area (Å²) < 4.78 is 0. The first-order valence-electron chi connectivity index (χ1n) is 11.7. The van der Waals surface area contributed by atoms with E-state index in [1.807, 2.05) is 31.2 Å². The van der Waals surface area contributed by atoms with Crippen molar-refractivity contribution in [2.75, 3.05) is 20.6 Å². The molecule has 194 valence electrons. The van der Waals surface area contributed by atoms with Crippen LogP contribution in [-0.4, -0.2) is 72.4 Å². The second kappa shape index (κ2) is 13.2. The maximum atomic E-state index is 12.7. The fourth-order valence-corrected chi connectivity index (χ4v) is 3.68. The largest absolute Gasteiger partial charge is 0.508 e. The maximum Gasteiger partial charge on any atom is 0.242 e. The van der Waals surface area contributed by atoms with Gasteiger partial charge in [0.25, 0.3) is 0 Å². The molecule has 0 aromatic heterocycles. The van der Waals surface area contributed by atoms with E-state index in [1.165, 1.54) is 31.0 Å². The molecule has 3 atom stereocenters. The van der Waals surface area contributed by atoms with E-state index in [2.05, 4.69) is 16.0 Å². The van der Waals surface area contributed by atoms with Gasteiger partial charge < -0.3 is 31.7 Å². The lowest BCUT2D eigenvalue weighted by molar-refractivity contribution is -0.138. The van der Waals surface area contributed by atoms with Gasteiger partial charge in [0, 0.05) is 13.5 Å². The number of carbonyl (C=O) groups is 4. The Morgan fingerprint density at radius 1 is 1.00 bits per heavy atom. The van der Waals surface area contributed by atoms with Crippen LogP contribution in [0.1, 0.15) is 23.6 Å². The lowest BCUT2D eigenvalue weighted by atomic mass is 10.0. The Morgan fingerprint density at radius 2 is 1.67 bits per heavy atom. The Bertz CT molecular complexity index is 1070. The van der Waals surface area contributed by atoms with Gasteiger partial charge in [0.1, 0.15) is 17.8 Å². The van der Waals surface area contributed by atoms with Gasteiger partial charge in [-0.05, 0) is 50.6 Å². The van der Waals surface area contributed by atoms with Crippen LogP contribution in [0.3, 0.4) is 0 Å². The summed E-state index contributed by atoms with van der Waals surface area (Å²) in [5.41, 5.74) is 8.26. The Hall–Kier alpha value is -3.92. The molecule has 10 heteroatoms. The number of rotatable bonds is 12. The summed E-state index contributed by atoms with van der Waals surface area (Å²) in [6.07, 6.45) is 0.613. The highest BCUT2D eigenvalue weighted by Gasteiger charge is 2.27. The number of phenols is 1. The van der Waals surface area contributed by atoms with E-state index in [0.29, 0.717) is 6.42 Å². The molecule has 0 radical (unpaired) electrons. The molecule has 0 heterocycles. The smallest absolute Gasteiger partial charge is 0.242 e. The van der Waals surface area contributed by atoms with E-state index >= 15 is 0 Å². The summed E-state index contributed by atoms with van der Waals surface area (Å²) in [5, 5.41) is 17.5. The summed E-state index contributed by atoms with van der Waals surface area (Å²) >= 11 is 0. The molecule has 0 aliphatic rings. The predicted molar refractivity (Wildman–Crippen MR) is 136 cm³/mol. The van der Waals surface area contributed by atoms with Crippen molar-refractivity contribution in [3.63, 3.8) is 0 Å². The number of nitrogens with one attached hydrogen (secondary N) is 3. The topological polar surface area (TPSA) is 154 Å². The normalized spacial score (nSPS) is 13.2. The second-order valence-electron chi connectivity index (χ2n) is 8.78. The Kier molecular flexibility index (Phi) is 10.4. The standard InChI is InChI=1S/C26H35N5O5/c1-16-6-5-7-19(12-16)14-22(24(27)34)31(4)23(33)15-29-25(35)17(2)30-26(36)21(28-3)13-18-8-10-20(32)11-9-18/h5-12,17,21-22,28,32H,13-15H2,1-4H3,(H2,27,34)(H,29,35)(H,30,36)/t17-,21+,22+/m1/s1. The van der Waals surface area contributed by atoms with Crippen molar-refractivity contribution >= 4 is 23.6 Å². The molecule has 0 saturated carbocycles. The van der Waals surface area contributed by atoms with Gasteiger partial charge in [0.15, 0.2) is 0 Å². The monoisotopic (exact) mass is 497 g/mol. The van der Waals surface area contributed by atoms with Gasteiger partial charge in [-0.25, -0.2) is 0 Å². The third kappa shape index (κ3) is 8.38. The molecule has 2 rings (SSSR count). The van der Waals surface area contributed by atoms with Crippen molar-refractivity contribution < 1.29 is 24.3 Å². The average molecular weight is 498 g/mol. The van der Waals surface area contributed by atoms with Gasteiger partial charge in [-0.15, -0.1) is 0 Å². The number of amides is 4. The Balaban J connectivity index is 1.89. The van der Waals surface area contributed by atoms with Crippen LogP contribution < -0.4 is 21.7 Å². The van der Waals surface area contributed by atoms with Gasteiger partial charge in [-0.1, -0.05) is 42.0 Å². The molecule has 0 bridgehead atoms. The highest BCUT2D eigenvalue weighted by molar-refractivity contribution is 5.93. The summed E-state index contributed by atoms with van der Waals surface area (Å²) in [6, 6.07) is 11.7. The molecule has 0 saturated heterocycles. The highest BCUT2D eigenvalue weighted by atomic mass is 16.3. The molecule has 6 N–H and O–H groups in total. The van der Waals surface area contributed by atoms with Gasteiger partial charge in [0.2, 0.25) is 23.6 Å². The van der Waals surface area contributed by atoms with Crippen molar-refractivity contribution in [3.05, 3.63) is 65.2 Å². The van der Waals surface area contributed by atoms with Crippen LogP contribution in [0.4, 0.5) is 0 Å². The van der Waals surface area contributed by atoms with Crippen molar-refractivity contribution in [2.45, 2.75) is 44.8 Å². The average Bonchev–Trinajstić information content (AvgIpc) is 2.84. The number of hydrogen-bond donors (Lipinski definition) is 5. The molecule has 4 amide bonds. The number of carbonyl (C=O) groups excluding carboxylic acids is 4. The lowest BCUT2D eigenvalue weighted by Gasteiger charge is -2.26. The van der Waals surface area contributed by atoms with Gasteiger partial charge >= 0.3 is 0 Å². The zero-order chi connectivity index (χ0) is 26.8. The minimum absolute atomic E-state index is 0.131. The van der Waals surface area contributed by atoms with Gasteiger partial charge in [0.05, 0.1) is 12.6 Å². The molecule has 0 fully saturated rings. The van der Waals surface area contributed by atoms with Gasteiger partial charge in [-0.3, -0.25) is 19.2 Å². The molecule has 10 nitrogen and oxygen atoms in total. The SMILES string of the molecule is CN[C@@H](Cc1ccc(O)cc1)C(=O)N[C@H](C)C(=O)NCC(=O)N(C)[C@@H](Cc1cccc(C)c1)C(N)=O. The van der Waals surface area contributed by atoms with Crippen molar-refractivity contribution in [3.8, 4) is 5.75 Å². The summed E-state index contributed by atoms with van der Waals surface area (Å²) in [5.74, 6) is -1.93. The van der Waals surface area contributed by atoms with Crippen LogP contribution in [0.25, 0.3) is 0 Å². The van der Waals surface area contributed by atoms with E-state index < -0.39 is 35.8 Å². The second-order valence-corrected chi connectivity index (χ2v) is 8.78. The third-order valence-corrected chi connectivity index (χ3v) is 5.91. The minimum Gasteiger partial charge on any atom is -0.508 e. The minimum atomic E-state index is -0.898. The van der Waals surface area contributed by atoms with E-state index in [4.69, 9.17) is 5.73 Å². The van der Waals surface area contributed by atoms with Crippen molar-refractivity contribution in [1.82, 2.24) is 20.9 Å². The maximum absolute atomic E-state index is 12.7. The first-order valence-corrected chi connectivity index (χ1v) is 11.7. The van der Waals surface area contributed by atoms with E-state index in [9.17, 15) is 24.3 Å². The van der Waals surface area contributed by atoms with Gasteiger partial charge in [-0.2, -0.15) is 0 Å². The van der Waals surface area contributed by atoms with Crippen LogP contribution in [-0.2, 0) is 32.0 Å². The zero-order valence-corrected chi connectivity index (χ0v) is 21.1. The number of aromatic hydroxyl groups is 1.